The molecule has 0 heterocycles. The highest BCUT2D eigenvalue weighted by atomic mass is 16.5. The lowest BCUT2D eigenvalue weighted by Crippen LogP contribution is -2.06. The van der Waals surface area contributed by atoms with E-state index in [4.69, 9.17) is 10.5 Å². The van der Waals surface area contributed by atoms with Gasteiger partial charge in [0.1, 0.15) is 0 Å². The lowest BCUT2D eigenvalue weighted by molar-refractivity contribution is 0.0527. The molecule has 0 spiro atoms. The highest BCUT2D eigenvalue weighted by Crippen LogP contribution is 2.24. The van der Waals surface area contributed by atoms with Crippen LogP contribution in [0, 0.1) is 0 Å². The zero-order chi connectivity index (χ0) is 13.7. The van der Waals surface area contributed by atoms with E-state index >= 15 is 0 Å². The first-order valence-corrected chi connectivity index (χ1v) is 6.31. The lowest BCUT2D eigenvalue weighted by Gasteiger charge is -2.09. The van der Waals surface area contributed by atoms with Gasteiger partial charge in [-0.05, 0) is 29.7 Å². The molecule has 0 aliphatic heterocycles. The fourth-order valence-corrected chi connectivity index (χ4v) is 1.94. The van der Waals surface area contributed by atoms with Gasteiger partial charge in [-0.25, -0.2) is 4.79 Å². The normalized spacial score (nSPS) is 10.2. The Balaban J connectivity index is 2.40. The first kappa shape index (κ1) is 13.3. The van der Waals surface area contributed by atoms with Crippen LogP contribution >= 0.6 is 0 Å². The van der Waals surface area contributed by atoms with Gasteiger partial charge >= 0.3 is 5.97 Å². The molecule has 2 aromatic rings. The summed E-state index contributed by atoms with van der Waals surface area (Å²) in [7, 11) is 0. The van der Waals surface area contributed by atoms with E-state index < -0.39 is 0 Å². The molecule has 0 bridgehead atoms. The number of benzene rings is 2. The van der Waals surface area contributed by atoms with Crippen molar-refractivity contribution >= 4 is 5.97 Å². The second-order valence-electron chi connectivity index (χ2n) is 4.17. The summed E-state index contributed by atoms with van der Waals surface area (Å²) in [6.07, 6.45) is 0. The molecule has 0 saturated carbocycles. The van der Waals surface area contributed by atoms with Gasteiger partial charge in [0.2, 0.25) is 0 Å². The van der Waals surface area contributed by atoms with E-state index in [9.17, 15) is 4.79 Å². The Bertz CT molecular complexity index is 561. The molecule has 0 unspecified atom stereocenters. The van der Waals surface area contributed by atoms with Crippen molar-refractivity contribution in [3.8, 4) is 11.1 Å². The Morgan fingerprint density at radius 2 is 1.79 bits per heavy atom. The van der Waals surface area contributed by atoms with Crippen molar-refractivity contribution in [3.63, 3.8) is 0 Å². The third-order valence-electron chi connectivity index (χ3n) is 2.92. The fourth-order valence-electron chi connectivity index (χ4n) is 1.94. The number of hydrogen-bond acceptors (Lipinski definition) is 3. The third-order valence-corrected chi connectivity index (χ3v) is 2.92. The smallest absolute Gasteiger partial charge is 0.338 e. The summed E-state index contributed by atoms with van der Waals surface area (Å²) in [5, 5.41) is 0. The molecular formula is C16H17NO2. The second kappa shape index (κ2) is 6.16. The molecule has 3 nitrogen and oxygen atoms in total. The number of nitrogens with two attached hydrogens (primary N) is 1. The van der Waals surface area contributed by atoms with Gasteiger partial charge in [0.05, 0.1) is 12.2 Å². The van der Waals surface area contributed by atoms with Gasteiger partial charge in [0, 0.05) is 6.54 Å². The fraction of sp³-hybridized carbons (Fsp3) is 0.188. The molecule has 19 heavy (non-hydrogen) atoms. The largest absolute Gasteiger partial charge is 0.462 e. The number of esters is 1. The van der Waals surface area contributed by atoms with Crippen molar-refractivity contribution in [2.75, 3.05) is 6.61 Å². The molecule has 0 aliphatic carbocycles. The van der Waals surface area contributed by atoms with Gasteiger partial charge in [-0.2, -0.15) is 0 Å². The molecule has 2 aromatic carbocycles. The summed E-state index contributed by atoms with van der Waals surface area (Å²) in [5.74, 6) is -0.291. The van der Waals surface area contributed by atoms with Crippen LogP contribution in [0.1, 0.15) is 22.8 Å². The summed E-state index contributed by atoms with van der Waals surface area (Å²) in [6, 6.07) is 15.3. The maximum atomic E-state index is 11.9. The predicted octanol–water partition coefficient (Wildman–Crippen LogP) is 2.99. The Labute approximate surface area is 113 Å². The lowest BCUT2D eigenvalue weighted by atomic mass is 9.99. The summed E-state index contributed by atoms with van der Waals surface area (Å²) >= 11 is 0. The van der Waals surface area contributed by atoms with Gasteiger partial charge in [-0.15, -0.1) is 0 Å². The van der Waals surface area contributed by atoms with E-state index in [1.165, 1.54) is 0 Å². The van der Waals surface area contributed by atoms with Gasteiger partial charge in [-0.3, -0.25) is 0 Å². The first-order chi connectivity index (χ1) is 9.26. The van der Waals surface area contributed by atoms with Crippen LogP contribution in [0.25, 0.3) is 11.1 Å². The average molecular weight is 255 g/mol. The van der Waals surface area contributed by atoms with Crippen LogP contribution in [0.4, 0.5) is 0 Å². The molecule has 0 radical (unpaired) electrons. The maximum Gasteiger partial charge on any atom is 0.338 e. The summed E-state index contributed by atoms with van der Waals surface area (Å²) in [5.41, 5.74) is 9.10. The first-order valence-electron chi connectivity index (χ1n) is 6.31. The topological polar surface area (TPSA) is 52.3 Å². The maximum absolute atomic E-state index is 11.9. The van der Waals surface area contributed by atoms with Crippen LogP contribution in [0.2, 0.25) is 0 Å². The number of carbonyl (C=O) groups excluding carboxylic acids is 1. The summed E-state index contributed by atoms with van der Waals surface area (Å²) in [6.45, 7) is 2.69. The molecule has 2 rings (SSSR count). The molecule has 0 aromatic heterocycles. The quantitative estimate of drug-likeness (QED) is 0.854. The minimum atomic E-state index is -0.291. The van der Waals surface area contributed by atoms with E-state index in [2.05, 4.69) is 0 Å². The second-order valence-corrected chi connectivity index (χ2v) is 4.17. The Hall–Kier alpha value is -2.13. The monoisotopic (exact) mass is 255 g/mol. The van der Waals surface area contributed by atoms with Crippen molar-refractivity contribution in [2.45, 2.75) is 13.5 Å². The molecule has 98 valence electrons. The van der Waals surface area contributed by atoms with Crippen molar-refractivity contribution in [1.29, 1.82) is 0 Å². The molecular weight excluding hydrogens is 238 g/mol. The minimum absolute atomic E-state index is 0.291. The molecule has 0 fully saturated rings. The highest BCUT2D eigenvalue weighted by molar-refractivity contribution is 5.97. The zero-order valence-electron chi connectivity index (χ0n) is 10.9. The zero-order valence-corrected chi connectivity index (χ0v) is 10.9. The van der Waals surface area contributed by atoms with Gasteiger partial charge in [0.25, 0.3) is 0 Å². The van der Waals surface area contributed by atoms with Crippen molar-refractivity contribution in [3.05, 3.63) is 59.7 Å². The Morgan fingerprint density at radius 3 is 2.42 bits per heavy atom. The number of carbonyl (C=O) groups is 1. The predicted molar refractivity (Wildman–Crippen MR) is 75.7 cm³/mol. The van der Waals surface area contributed by atoms with Crippen LogP contribution in [0.3, 0.4) is 0 Å². The highest BCUT2D eigenvalue weighted by Gasteiger charge is 2.12. The van der Waals surface area contributed by atoms with Crippen molar-refractivity contribution in [2.24, 2.45) is 5.73 Å². The summed E-state index contributed by atoms with van der Waals surface area (Å²) < 4.78 is 5.08. The van der Waals surface area contributed by atoms with Crippen molar-refractivity contribution in [1.82, 2.24) is 0 Å². The van der Waals surface area contributed by atoms with Crippen molar-refractivity contribution < 1.29 is 9.53 Å². The average Bonchev–Trinajstić information content (AvgIpc) is 2.47. The molecule has 0 amide bonds. The SMILES string of the molecule is CCOC(=O)c1ccccc1-c1ccc(CN)cc1. The van der Waals surface area contributed by atoms with Crippen LogP contribution in [0.15, 0.2) is 48.5 Å². The van der Waals surface area contributed by atoms with Crippen LogP contribution in [-0.2, 0) is 11.3 Å². The van der Waals surface area contributed by atoms with Gasteiger partial charge in [0.15, 0.2) is 0 Å². The number of rotatable bonds is 4. The molecule has 0 atom stereocenters. The van der Waals surface area contributed by atoms with E-state index in [0.29, 0.717) is 18.7 Å². The van der Waals surface area contributed by atoms with Gasteiger partial charge < -0.3 is 10.5 Å². The van der Waals surface area contributed by atoms with E-state index in [0.717, 1.165) is 16.7 Å². The molecule has 0 saturated heterocycles. The van der Waals surface area contributed by atoms with E-state index in [1.807, 2.05) is 42.5 Å². The minimum Gasteiger partial charge on any atom is -0.462 e. The third kappa shape index (κ3) is 3.01. The molecule has 2 N–H and O–H groups in total. The number of ether oxygens (including phenoxy) is 1. The molecule has 3 heteroatoms. The summed E-state index contributed by atoms with van der Waals surface area (Å²) in [4.78, 5) is 11.9. The van der Waals surface area contributed by atoms with E-state index in [1.54, 1.807) is 13.0 Å². The van der Waals surface area contributed by atoms with Crippen LogP contribution < -0.4 is 5.73 Å². The Kier molecular flexibility index (Phi) is 4.31. The van der Waals surface area contributed by atoms with Crippen LogP contribution in [-0.4, -0.2) is 12.6 Å². The van der Waals surface area contributed by atoms with E-state index in [-0.39, 0.29) is 5.97 Å². The Morgan fingerprint density at radius 1 is 1.11 bits per heavy atom. The number of hydrogen-bond donors (Lipinski definition) is 1. The van der Waals surface area contributed by atoms with Crippen LogP contribution in [0.5, 0.6) is 0 Å². The van der Waals surface area contributed by atoms with Gasteiger partial charge in [-0.1, -0.05) is 42.5 Å². The molecule has 0 aliphatic rings. The standard InChI is InChI=1S/C16H17NO2/c1-2-19-16(18)15-6-4-3-5-14(15)13-9-7-12(11-17)8-10-13/h3-10H,2,11,17H2,1H3.